The van der Waals surface area contributed by atoms with Crippen molar-refractivity contribution in [2.24, 2.45) is 0 Å². The highest BCUT2D eigenvalue weighted by atomic mass is 16.6. The number of nitrogens with zero attached hydrogens (tertiary/aromatic N) is 1. The highest BCUT2D eigenvalue weighted by Crippen LogP contribution is 2.10. The molecule has 6 heteroatoms. The molecule has 0 N–H and O–H groups in total. The van der Waals surface area contributed by atoms with Gasteiger partial charge in [0.25, 0.3) is 0 Å². The Morgan fingerprint density at radius 2 is 1.67 bits per heavy atom. The van der Waals surface area contributed by atoms with Gasteiger partial charge in [0.15, 0.2) is 0 Å². The third-order valence-corrected chi connectivity index (χ3v) is 1.69. The second kappa shape index (κ2) is 6.98. The Hall–Kier alpha value is -1.59. The number of amides is 1. The van der Waals surface area contributed by atoms with Crippen molar-refractivity contribution in [3.05, 3.63) is 0 Å². The van der Waals surface area contributed by atoms with E-state index in [9.17, 15) is 14.4 Å². The Morgan fingerprint density at radius 3 is 2.06 bits per heavy atom. The SMILES string of the molecule is CCOC(=O)CN(CC(C)=O)C(=O)OC(C)(C)C. The maximum atomic E-state index is 11.8. The Balaban J connectivity index is 4.62. The van der Waals surface area contributed by atoms with E-state index >= 15 is 0 Å². The summed E-state index contributed by atoms with van der Waals surface area (Å²) in [7, 11) is 0. The molecular weight excluding hydrogens is 238 g/mol. The molecule has 0 aliphatic rings. The number of ether oxygens (including phenoxy) is 2. The molecule has 104 valence electrons. The molecule has 0 fully saturated rings. The number of hydrogen-bond acceptors (Lipinski definition) is 5. The van der Waals surface area contributed by atoms with Gasteiger partial charge in [0.1, 0.15) is 17.9 Å². The van der Waals surface area contributed by atoms with Crippen LogP contribution in [-0.4, -0.2) is 48.0 Å². The summed E-state index contributed by atoms with van der Waals surface area (Å²) in [4.78, 5) is 35.2. The molecule has 18 heavy (non-hydrogen) atoms. The standard InChI is InChI=1S/C12H21NO5/c1-6-17-10(15)8-13(7-9(2)14)11(16)18-12(3,4)5/h6-8H2,1-5H3. The largest absolute Gasteiger partial charge is 0.465 e. The van der Waals surface area contributed by atoms with Crippen LogP contribution in [0, 0.1) is 0 Å². The van der Waals surface area contributed by atoms with Crippen LogP contribution < -0.4 is 0 Å². The second-order valence-electron chi connectivity index (χ2n) is 4.84. The topological polar surface area (TPSA) is 72.9 Å². The molecule has 6 nitrogen and oxygen atoms in total. The third kappa shape index (κ3) is 7.65. The fourth-order valence-electron chi connectivity index (χ4n) is 1.14. The first-order chi connectivity index (χ1) is 8.15. The van der Waals surface area contributed by atoms with Gasteiger partial charge in [-0.05, 0) is 34.6 Å². The third-order valence-electron chi connectivity index (χ3n) is 1.69. The van der Waals surface area contributed by atoms with Crippen LogP contribution in [0.25, 0.3) is 0 Å². The summed E-state index contributed by atoms with van der Waals surface area (Å²) in [6.07, 6.45) is -0.703. The molecule has 0 radical (unpaired) electrons. The predicted octanol–water partition coefficient (Wildman–Crippen LogP) is 1.38. The molecule has 0 rings (SSSR count). The summed E-state index contributed by atoms with van der Waals surface area (Å²) in [5.41, 5.74) is -0.680. The molecule has 0 bridgehead atoms. The first kappa shape index (κ1) is 16.4. The zero-order valence-corrected chi connectivity index (χ0v) is 11.6. The normalized spacial score (nSPS) is 10.7. The van der Waals surface area contributed by atoms with Crippen molar-refractivity contribution in [1.82, 2.24) is 4.90 Å². The van der Waals surface area contributed by atoms with Gasteiger partial charge < -0.3 is 9.47 Å². The van der Waals surface area contributed by atoms with Crippen LogP contribution in [0.4, 0.5) is 4.79 Å². The van der Waals surface area contributed by atoms with Crippen LogP contribution >= 0.6 is 0 Å². The highest BCUT2D eigenvalue weighted by molar-refractivity contribution is 5.85. The van der Waals surface area contributed by atoms with E-state index in [1.807, 2.05) is 0 Å². The van der Waals surface area contributed by atoms with Crippen molar-refractivity contribution < 1.29 is 23.9 Å². The lowest BCUT2D eigenvalue weighted by Gasteiger charge is -2.26. The fraction of sp³-hybridized carbons (Fsp3) is 0.750. The van der Waals surface area contributed by atoms with Gasteiger partial charge in [0, 0.05) is 0 Å². The lowest BCUT2D eigenvalue weighted by molar-refractivity contribution is -0.144. The van der Waals surface area contributed by atoms with Gasteiger partial charge >= 0.3 is 12.1 Å². The van der Waals surface area contributed by atoms with Crippen LogP contribution in [0.15, 0.2) is 0 Å². The first-order valence-corrected chi connectivity index (χ1v) is 5.78. The summed E-state index contributed by atoms with van der Waals surface area (Å²) < 4.78 is 9.84. The average molecular weight is 259 g/mol. The number of hydrogen-bond donors (Lipinski definition) is 0. The van der Waals surface area contributed by atoms with Crippen LogP contribution in [0.1, 0.15) is 34.6 Å². The van der Waals surface area contributed by atoms with Crippen molar-refractivity contribution in [2.75, 3.05) is 19.7 Å². The molecule has 0 heterocycles. The Bertz CT molecular complexity index is 319. The molecule has 0 aromatic rings. The van der Waals surface area contributed by atoms with Gasteiger partial charge in [-0.25, -0.2) is 4.79 Å². The van der Waals surface area contributed by atoms with E-state index in [-0.39, 0.29) is 25.5 Å². The maximum Gasteiger partial charge on any atom is 0.411 e. The lowest BCUT2D eigenvalue weighted by atomic mass is 10.2. The van der Waals surface area contributed by atoms with Gasteiger partial charge in [0.2, 0.25) is 0 Å². The van der Waals surface area contributed by atoms with E-state index in [1.54, 1.807) is 27.7 Å². The molecule has 0 saturated heterocycles. The summed E-state index contributed by atoms with van der Waals surface area (Å²) in [6.45, 7) is 7.89. The Labute approximate surface area is 107 Å². The van der Waals surface area contributed by atoms with Crippen LogP contribution in [0.3, 0.4) is 0 Å². The summed E-state index contributed by atoms with van der Waals surface area (Å²) in [5, 5.41) is 0. The number of rotatable bonds is 5. The van der Waals surface area contributed by atoms with Crippen molar-refractivity contribution >= 4 is 17.8 Å². The number of carbonyl (C=O) groups excluding carboxylic acids is 3. The van der Waals surface area contributed by atoms with E-state index in [2.05, 4.69) is 0 Å². The number of carbonyl (C=O) groups is 3. The fourth-order valence-corrected chi connectivity index (χ4v) is 1.14. The smallest absolute Gasteiger partial charge is 0.411 e. The Morgan fingerprint density at radius 1 is 1.11 bits per heavy atom. The molecule has 0 aromatic heterocycles. The molecule has 0 atom stereocenters. The molecule has 0 saturated carbocycles. The number of Topliss-reactive ketones (excluding diaryl/α,β-unsaturated/α-hetero) is 1. The van der Waals surface area contributed by atoms with Crippen molar-refractivity contribution in [3.8, 4) is 0 Å². The highest BCUT2D eigenvalue weighted by Gasteiger charge is 2.25. The van der Waals surface area contributed by atoms with Gasteiger partial charge in [-0.3, -0.25) is 14.5 Å². The minimum Gasteiger partial charge on any atom is -0.465 e. The van der Waals surface area contributed by atoms with Gasteiger partial charge in [-0.2, -0.15) is 0 Å². The van der Waals surface area contributed by atoms with E-state index in [4.69, 9.17) is 9.47 Å². The van der Waals surface area contributed by atoms with E-state index in [0.717, 1.165) is 4.90 Å². The number of ketones is 1. The summed E-state index contributed by atoms with van der Waals surface area (Å²) in [5.74, 6) is -0.797. The van der Waals surface area contributed by atoms with Gasteiger partial charge in [0.05, 0.1) is 13.2 Å². The minimum atomic E-state index is -0.703. The molecule has 0 unspecified atom stereocenters. The zero-order valence-electron chi connectivity index (χ0n) is 11.6. The summed E-state index contributed by atoms with van der Waals surface area (Å²) >= 11 is 0. The quantitative estimate of drug-likeness (QED) is 0.697. The maximum absolute atomic E-state index is 11.8. The molecular formula is C12H21NO5. The van der Waals surface area contributed by atoms with Crippen molar-refractivity contribution in [3.63, 3.8) is 0 Å². The first-order valence-electron chi connectivity index (χ1n) is 5.78. The minimum absolute atomic E-state index is 0.173. The van der Waals surface area contributed by atoms with E-state index in [0.29, 0.717) is 0 Å². The van der Waals surface area contributed by atoms with E-state index in [1.165, 1.54) is 6.92 Å². The number of esters is 1. The molecule has 0 aromatic carbocycles. The monoisotopic (exact) mass is 259 g/mol. The van der Waals surface area contributed by atoms with Gasteiger partial charge in [-0.1, -0.05) is 0 Å². The van der Waals surface area contributed by atoms with Crippen LogP contribution in [0.5, 0.6) is 0 Å². The van der Waals surface area contributed by atoms with Crippen LogP contribution in [0.2, 0.25) is 0 Å². The molecule has 0 aliphatic heterocycles. The zero-order chi connectivity index (χ0) is 14.3. The molecule has 1 amide bonds. The van der Waals surface area contributed by atoms with Crippen molar-refractivity contribution in [2.45, 2.75) is 40.2 Å². The van der Waals surface area contributed by atoms with E-state index < -0.39 is 17.7 Å². The summed E-state index contributed by atoms with van der Waals surface area (Å²) in [6, 6.07) is 0. The lowest BCUT2D eigenvalue weighted by Crippen LogP contribution is -2.42. The van der Waals surface area contributed by atoms with Gasteiger partial charge in [-0.15, -0.1) is 0 Å². The molecule has 0 aliphatic carbocycles. The van der Waals surface area contributed by atoms with Crippen LogP contribution in [-0.2, 0) is 19.1 Å². The predicted molar refractivity (Wildman–Crippen MR) is 65.1 cm³/mol. The average Bonchev–Trinajstić information content (AvgIpc) is 2.13. The Kier molecular flexibility index (Phi) is 6.36. The van der Waals surface area contributed by atoms with Crippen molar-refractivity contribution in [1.29, 1.82) is 0 Å². The molecule has 0 spiro atoms. The second-order valence-corrected chi connectivity index (χ2v) is 4.84.